The lowest BCUT2D eigenvalue weighted by Gasteiger charge is -2.27. The first-order chi connectivity index (χ1) is 15.7. The Kier molecular flexibility index (Phi) is 7.57. The van der Waals surface area contributed by atoms with Crippen molar-refractivity contribution in [3.05, 3.63) is 101 Å². The number of nitrogens with one attached hydrogen (secondary N) is 1. The molecule has 0 heterocycles. The Hall–Kier alpha value is -3.56. The highest BCUT2D eigenvalue weighted by Gasteiger charge is 2.37. The number of benzene rings is 3. The number of sulfonamides is 1. The van der Waals surface area contributed by atoms with Crippen LogP contribution in [-0.2, 0) is 19.5 Å². The molecular formula is C24H22FNO6S. The lowest BCUT2D eigenvalue weighted by atomic mass is 9.95. The van der Waals surface area contributed by atoms with E-state index in [0.29, 0.717) is 0 Å². The number of hydrogen-bond donors (Lipinski definition) is 1. The lowest BCUT2D eigenvalue weighted by molar-refractivity contribution is 0.0236. The van der Waals surface area contributed by atoms with Gasteiger partial charge < -0.3 is 9.47 Å². The molecule has 7 nitrogen and oxygen atoms in total. The summed E-state index contributed by atoms with van der Waals surface area (Å²) in [5.41, 5.74) is 1.26. The summed E-state index contributed by atoms with van der Waals surface area (Å²) in [6.45, 7) is 1.81. The molecule has 0 aromatic heterocycles. The van der Waals surface area contributed by atoms with Crippen molar-refractivity contribution >= 4 is 22.0 Å². The Morgan fingerprint density at radius 2 is 1.52 bits per heavy atom. The average Bonchev–Trinajstić information content (AvgIpc) is 2.82. The van der Waals surface area contributed by atoms with Gasteiger partial charge in [-0.2, -0.15) is 4.72 Å². The third-order valence-electron chi connectivity index (χ3n) is 4.85. The van der Waals surface area contributed by atoms with Crippen LogP contribution in [0.15, 0.2) is 83.8 Å². The van der Waals surface area contributed by atoms with Gasteiger partial charge in [-0.05, 0) is 36.8 Å². The minimum atomic E-state index is -4.17. The van der Waals surface area contributed by atoms with Gasteiger partial charge in [0.15, 0.2) is 6.10 Å². The normalized spacial score (nSPS) is 13.1. The largest absolute Gasteiger partial charge is 0.508 e. The molecule has 0 aliphatic heterocycles. The fourth-order valence-electron chi connectivity index (χ4n) is 3.12. The van der Waals surface area contributed by atoms with Crippen molar-refractivity contribution in [1.82, 2.24) is 4.72 Å². The van der Waals surface area contributed by atoms with Crippen LogP contribution < -0.4 is 4.72 Å². The molecular weight excluding hydrogens is 449 g/mol. The van der Waals surface area contributed by atoms with E-state index in [1.807, 2.05) is 6.92 Å². The van der Waals surface area contributed by atoms with E-state index in [4.69, 9.17) is 4.74 Å². The SMILES string of the molecule is COC(=O)O[C@H](C(=O)c1ccccc1)[C@@H](NS(=O)(=O)c1ccc(C)cc1)c1ccc(F)cc1. The van der Waals surface area contributed by atoms with Crippen LogP contribution in [0.4, 0.5) is 9.18 Å². The van der Waals surface area contributed by atoms with Crippen LogP contribution in [0, 0.1) is 12.7 Å². The van der Waals surface area contributed by atoms with Gasteiger partial charge in [0.1, 0.15) is 5.82 Å². The Balaban J connectivity index is 2.09. The van der Waals surface area contributed by atoms with Crippen molar-refractivity contribution in [1.29, 1.82) is 0 Å². The highest BCUT2D eigenvalue weighted by Crippen LogP contribution is 2.26. The summed E-state index contributed by atoms with van der Waals surface area (Å²) in [5.74, 6) is -1.22. The smallest absolute Gasteiger partial charge is 0.438 e. The van der Waals surface area contributed by atoms with Gasteiger partial charge in [-0.3, -0.25) is 4.79 Å². The molecule has 0 bridgehead atoms. The Labute approximate surface area is 191 Å². The van der Waals surface area contributed by atoms with Gasteiger partial charge in [0.25, 0.3) is 0 Å². The average molecular weight is 472 g/mol. The van der Waals surface area contributed by atoms with Gasteiger partial charge in [0.05, 0.1) is 18.0 Å². The predicted octanol–water partition coefficient (Wildman–Crippen LogP) is 4.19. The second kappa shape index (κ2) is 10.4. The predicted molar refractivity (Wildman–Crippen MR) is 119 cm³/mol. The van der Waals surface area contributed by atoms with Crippen LogP contribution in [0.2, 0.25) is 0 Å². The number of aryl methyl sites for hydroxylation is 1. The lowest BCUT2D eigenvalue weighted by Crippen LogP contribution is -2.43. The molecule has 0 aliphatic carbocycles. The van der Waals surface area contributed by atoms with E-state index in [1.54, 1.807) is 30.3 Å². The zero-order valence-corrected chi connectivity index (χ0v) is 18.7. The quantitative estimate of drug-likeness (QED) is 0.391. The Bertz CT molecular complexity index is 1210. The van der Waals surface area contributed by atoms with E-state index in [9.17, 15) is 22.4 Å². The van der Waals surface area contributed by atoms with Crippen LogP contribution in [0.3, 0.4) is 0 Å². The zero-order valence-electron chi connectivity index (χ0n) is 17.9. The number of rotatable bonds is 8. The topological polar surface area (TPSA) is 98.8 Å². The summed E-state index contributed by atoms with van der Waals surface area (Å²) in [6, 6.07) is 17.5. The highest BCUT2D eigenvalue weighted by atomic mass is 32.2. The molecule has 9 heteroatoms. The molecule has 3 aromatic rings. The third kappa shape index (κ3) is 6.03. The highest BCUT2D eigenvalue weighted by molar-refractivity contribution is 7.89. The van der Waals surface area contributed by atoms with E-state index in [2.05, 4.69) is 9.46 Å². The van der Waals surface area contributed by atoms with Gasteiger partial charge in [0, 0.05) is 5.56 Å². The van der Waals surface area contributed by atoms with Crippen molar-refractivity contribution in [2.75, 3.05) is 7.11 Å². The fourth-order valence-corrected chi connectivity index (χ4v) is 4.34. The minimum absolute atomic E-state index is 0.0517. The molecule has 3 aromatic carbocycles. The molecule has 0 amide bonds. The summed E-state index contributed by atoms with van der Waals surface area (Å²) in [6.07, 6.45) is -2.81. The number of Topliss-reactive ketones (excluding diaryl/α,β-unsaturated/α-hetero) is 1. The molecule has 0 unspecified atom stereocenters. The first-order valence-electron chi connectivity index (χ1n) is 9.89. The van der Waals surface area contributed by atoms with Crippen molar-refractivity contribution in [3.63, 3.8) is 0 Å². The molecule has 0 aliphatic rings. The van der Waals surface area contributed by atoms with Gasteiger partial charge in [-0.25, -0.2) is 17.6 Å². The molecule has 1 N–H and O–H groups in total. The number of ether oxygens (including phenoxy) is 2. The number of ketones is 1. The van der Waals surface area contributed by atoms with E-state index < -0.39 is 39.9 Å². The molecule has 3 rings (SSSR count). The molecule has 172 valence electrons. The van der Waals surface area contributed by atoms with Crippen molar-refractivity contribution in [2.24, 2.45) is 0 Å². The van der Waals surface area contributed by atoms with E-state index >= 15 is 0 Å². The van der Waals surface area contributed by atoms with Crippen molar-refractivity contribution in [3.8, 4) is 0 Å². The van der Waals surface area contributed by atoms with Crippen LogP contribution >= 0.6 is 0 Å². The maximum atomic E-state index is 13.6. The zero-order chi connectivity index (χ0) is 24.0. The molecule has 0 saturated heterocycles. The molecule has 0 spiro atoms. The standard InChI is InChI=1S/C24H22FNO6S/c1-16-8-14-20(15-9-16)33(29,30)26-21(17-10-12-19(25)13-11-17)23(32-24(28)31-2)22(27)18-6-4-3-5-7-18/h3-15,21,23,26H,1-2H3/t21-,23-/m0/s1. The summed E-state index contributed by atoms with van der Waals surface area (Å²) >= 11 is 0. The monoisotopic (exact) mass is 471 g/mol. The maximum absolute atomic E-state index is 13.6. The molecule has 0 radical (unpaired) electrons. The first-order valence-corrected chi connectivity index (χ1v) is 11.4. The van der Waals surface area contributed by atoms with Crippen LogP contribution in [0.5, 0.6) is 0 Å². The number of hydrogen-bond acceptors (Lipinski definition) is 6. The van der Waals surface area contributed by atoms with Crippen LogP contribution in [-0.4, -0.2) is 33.6 Å². The van der Waals surface area contributed by atoms with E-state index in [-0.39, 0.29) is 16.0 Å². The first kappa shape index (κ1) is 24.1. The molecule has 0 saturated carbocycles. The van der Waals surface area contributed by atoms with Gasteiger partial charge in [0.2, 0.25) is 15.8 Å². The Morgan fingerprint density at radius 1 is 0.909 bits per heavy atom. The van der Waals surface area contributed by atoms with Gasteiger partial charge in [-0.1, -0.05) is 60.2 Å². The summed E-state index contributed by atoms with van der Waals surface area (Å²) in [5, 5.41) is 0. The van der Waals surface area contributed by atoms with Crippen molar-refractivity contribution in [2.45, 2.75) is 24.0 Å². The van der Waals surface area contributed by atoms with Gasteiger partial charge in [-0.15, -0.1) is 0 Å². The van der Waals surface area contributed by atoms with Crippen LogP contribution in [0.1, 0.15) is 27.5 Å². The van der Waals surface area contributed by atoms with Gasteiger partial charge >= 0.3 is 6.16 Å². The third-order valence-corrected chi connectivity index (χ3v) is 6.31. The Morgan fingerprint density at radius 3 is 2.09 bits per heavy atom. The maximum Gasteiger partial charge on any atom is 0.508 e. The molecule has 0 fully saturated rings. The molecule has 2 atom stereocenters. The second-order valence-electron chi connectivity index (χ2n) is 7.19. The number of carbonyl (C=O) groups excluding carboxylic acids is 2. The van der Waals surface area contributed by atoms with Crippen LogP contribution in [0.25, 0.3) is 0 Å². The fraction of sp³-hybridized carbons (Fsp3) is 0.167. The van der Waals surface area contributed by atoms with E-state index in [0.717, 1.165) is 24.8 Å². The molecule has 33 heavy (non-hydrogen) atoms. The van der Waals surface area contributed by atoms with Crippen molar-refractivity contribution < 1.29 is 31.9 Å². The summed E-state index contributed by atoms with van der Waals surface area (Å²) < 4.78 is 52.1. The summed E-state index contributed by atoms with van der Waals surface area (Å²) in [7, 11) is -3.10. The number of carbonyl (C=O) groups is 2. The second-order valence-corrected chi connectivity index (χ2v) is 8.90. The number of halogens is 1. The number of methoxy groups -OCH3 is 1. The minimum Gasteiger partial charge on any atom is -0.438 e. The van der Waals surface area contributed by atoms with E-state index in [1.165, 1.54) is 36.4 Å². The summed E-state index contributed by atoms with van der Waals surface area (Å²) in [4.78, 5) is 25.2.